The van der Waals surface area contributed by atoms with E-state index in [-0.39, 0.29) is 23.6 Å². The zero-order valence-corrected chi connectivity index (χ0v) is 12.0. The van der Waals surface area contributed by atoms with Gasteiger partial charge in [0.25, 0.3) is 5.56 Å². The third-order valence-corrected chi connectivity index (χ3v) is 2.26. The lowest BCUT2D eigenvalue weighted by atomic mass is 10.1. The van der Waals surface area contributed by atoms with Gasteiger partial charge in [0.15, 0.2) is 0 Å². The van der Waals surface area contributed by atoms with E-state index in [0.717, 1.165) is 17.6 Å². The zero-order chi connectivity index (χ0) is 14.5. The van der Waals surface area contributed by atoms with Crippen LogP contribution in [0.2, 0.25) is 0 Å². The number of amides is 1. The van der Waals surface area contributed by atoms with E-state index in [1.165, 1.54) is 6.07 Å². The molecule has 0 atom stereocenters. The van der Waals surface area contributed by atoms with Crippen LogP contribution in [0.15, 0.2) is 17.1 Å². The van der Waals surface area contributed by atoms with Crippen molar-refractivity contribution in [3.63, 3.8) is 0 Å². The second-order valence-corrected chi connectivity index (χ2v) is 5.47. The number of anilines is 1. The summed E-state index contributed by atoms with van der Waals surface area (Å²) in [5.74, 6) is -0.226. The van der Waals surface area contributed by atoms with Gasteiger partial charge in [0.1, 0.15) is 6.54 Å². The van der Waals surface area contributed by atoms with E-state index < -0.39 is 0 Å². The monoisotopic (exact) mass is 266 g/mol. The van der Waals surface area contributed by atoms with Gasteiger partial charge in [-0.05, 0) is 27.2 Å². The van der Waals surface area contributed by atoms with Crippen molar-refractivity contribution < 1.29 is 4.79 Å². The molecule has 6 heteroatoms. The molecule has 6 nitrogen and oxygen atoms in total. The Morgan fingerprint density at radius 1 is 1.42 bits per heavy atom. The van der Waals surface area contributed by atoms with Crippen molar-refractivity contribution in [1.29, 1.82) is 0 Å². The summed E-state index contributed by atoms with van der Waals surface area (Å²) in [6, 6.07) is 1.45. The maximum Gasteiger partial charge on any atom is 0.269 e. The first kappa shape index (κ1) is 15.2. The average Bonchev–Trinajstić information content (AvgIpc) is 2.27. The Bertz CT molecular complexity index is 488. The van der Waals surface area contributed by atoms with Crippen LogP contribution in [0.5, 0.6) is 0 Å². The molecule has 0 aliphatic carbocycles. The molecule has 0 aliphatic rings. The molecule has 0 bridgehead atoms. The van der Waals surface area contributed by atoms with Crippen molar-refractivity contribution in [2.24, 2.45) is 0 Å². The minimum Gasteiger partial charge on any atom is -0.384 e. The van der Waals surface area contributed by atoms with Gasteiger partial charge in [-0.2, -0.15) is 5.10 Å². The molecular weight excluding hydrogens is 244 g/mol. The van der Waals surface area contributed by atoms with Gasteiger partial charge < -0.3 is 10.6 Å². The first-order valence-electron chi connectivity index (χ1n) is 6.44. The molecule has 0 spiro atoms. The number of nitrogens with one attached hydrogen (secondary N) is 2. The van der Waals surface area contributed by atoms with Gasteiger partial charge in [-0.15, -0.1) is 0 Å². The van der Waals surface area contributed by atoms with Crippen LogP contribution in [0.4, 0.5) is 5.69 Å². The van der Waals surface area contributed by atoms with E-state index in [1.54, 1.807) is 6.20 Å². The van der Waals surface area contributed by atoms with Crippen LogP contribution < -0.4 is 16.2 Å². The van der Waals surface area contributed by atoms with Crippen molar-refractivity contribution in [2.75, 3.05) is 11.9 Å². The summed E-state index contributed by atoms with van der Waals surface area (Å²) in [5.41, 5.74) is 0.0769. The summed E-state index contributed by atoms with van der Waals surface area (Å²) in [5, 5.41) is 9.85. The summed E-state index contributed by atoms with van der Waals surface area (Å²) in [6.45, 7) is 8.43. The molecule has 0 saturated heterocycles. The SMILES string of the molecule is CCCNc1cnn(CC(=O)NC(C)(C)C)c(=O)c1. The van der Waals surface area contributed by atoms with E-state index in [1.807, 2.05) is 27.7 Å². The molecule has 0 saturated carbocycles. The molecule has 2 N–H and O–H groups in total. The highest BCUT2D eigenvalue weighted by molar-refractivity contribution is 5.76. The molecule has 19 heavy (non-hydrogen) atoms. The molecule has 0 aromatic carbocycles. The lowest BCUT2D eigenvalue weighted by Gasteiger charge is -2.20. The summed E-state index contributed by atoms with van der Waals surface area (Å²) in [4.78, 5) is 23.5. The van der Waals surface area contributed by atoms with Crippen LogP contribution in [0.25, 0.3) is 0 Å². The fraction of sp³-hybridized carbons (Fsp3) is 0.615. The largest absolute Gasteiger partial charge is 0.384 e. The van der Waals surface area contributed by atoms with Gasteiger partial charge in [0, 0.05) is 18.2 Å². The minimum atomic E-state index is -0.316. The molecule has 0 aliphatic heterocycles. The van der Waals surface area contributed by atoms with Crippen molar-refractivity contribution in [1.82, 2.24) is 15.1 Å². The van der Waals surface area contributed by atoms with Gasteiger partial charge in [0.2, 0.25) is 5.91 Å². The van der Waals surface area contributed by atoms with Crippen LogP contribution in [0.3, 0.4) is 0 Å². The number of nitrogens with zero attached hydrogens (tertiary/aromatic N) is 2. The number of hydrogen-bond acceptors (Lipinski definition) is 4. The smallest absolute Gasteiger partial charge is 0.269 e. The average molecular weight is 266 g/mol. The van der Waals surface area contributed by atoms with Crippen molar-refractivity contribution in [3.05, 3.63) is 22.6 Å². The highest BCUT2D eigenvalue weighted by Crippen LogP contribution is 2.00. The Kier molecular flexibility index (Phi) is 5.09. The number of aromatic nitrogens is 2. The molecule has 1 rings (SSSR count). The first-order valence-corrected chi connectivity index (χ1v) is 6.44. The topological polar surface area (TPSA) is 76.0 Å². The normalized spacial score (nSPS) is 11.2. The lowest BCUT2D eigenvalue weighted by molar-refractivity contribution is -0.123. The highest BCUT2D eigenvalue weighted by atomic mass is 16.2. The van der Waals surface area contributed by atoms with Gasteiger partial charge in [0.05, 0.1) is 11.9 Å². The molecule has 0 unspecified atom stereocenters. The van der Waals surface area contributed by atoms with E-state index in [4.69, 9.17) is 0 Å². The number of rotatable bonds is 5. The second-order valence-electron chi connectivity index (χ2n) is 5.47. The lowest BCUT2D eigenvalue weighted by Crippen LogP contribution is -2.43. The van der Waals surface area contributed by atoms with Crippen molar-refractivity contribution in [3.8, 4) is 0 Å². The summed E-state index contributed by atoms with van der Waals surface area (Å²) >= 11 is 0. The molecule has 106 valence electrons. The Morgan fingerprint density at radius 2 is 2.11 bits per heavy atom. The number of hydrogen-bond donors (Lipinski definition) is 2. The summed E-state index contributed by atoms with van der Waals surface area (Å²) in [6.07, 6.45) is 2.53. The minimum absolute atomic E-state index is 0.0653. The maximum absolute atomic E-state index is 11.8. The molecule has 1 heterocycles. The first-order chi connectivity index (χ1) is 8.81. The standard InChI is InChI=1S/C13H22N4O2/c1-5-6-14-10-7-12(19)17(15-8-10)9-11(18)16-13(2,3)4/h7-8,14H,5-6,9H2,1-4H3,(H,16,18). The van der Waals surface area contributed by atoms with Crippen LogP contribution in [-0.4, -0.2) is 27.8 Å². The number of carbonyl (C=O) groups is 1. The second kappa shape index (κ2) is 6.36. The number of carbonyl (C=O) groups excluding carboxylic acids is 1. The maximum atomic E-state index is 11.8. The van der Waals surface area contributed by atoms with E-state index in [0.29, 0.717) is 5.69 Å². The molecule has 0 fully saturated rings. The van der Waals surface area contributed by atoms with Crippen molar-refractivity contribution in [2.45, 2.75) is 46.2 Å². The Morgan fingerprint density at radius 3 is 2.63 bits per heavy atom. The summed E-state index contributed by atoms with van der Waals surface area (Å²) < 4.78 is 1.15. The highest BCUT2D eigenvalue weighted by Gasteiger charge is 2.14. The molecule has 1 amide bonds. The Balaban J connectivity index is 2.70. The van der Waals surface area contributed by atoms with E-state index in [2.05, 4.69) is 15.7 Å². The molecule has 0 radical (unpaired) electrons. The van der Waals surface area contributed by atoms with Gasteiger partial charge >= 0.3 is 0 Å². The van der Waals surface area contributed by atoms with Gasteiger partial charge in [-0.1, -0.05) is 6.92 Å². The third kappa shape index (κ3) is 5.54. The van der Waals surface area contributed by atoms with E-state index >= 15 is 0 Å². The fourth-order valence-corrected chi connectivity index (χ4v) is 1.51. The quantitative estimate of drug-likeness (QED) is 0.833. The predicted octanol–water partition coefficient (Wildman–Crippen LogP) is 0.980. The Labute approximate surface area is 113 Å². The fourth-order valence-electron chi connectivity index (χ4n) is 1.51. The van der Waals surface area contributed by atoms with Crippen molar-refractivity contribution >= 4 is 11.6 Å². The van der Waals surface area contributed by atoms with Crippen LogP contribution in [0, 0.1) is 0 Å². The predicted molar refractivity (Wildman–Crippen MR) is 75.2 cm³/mol. The van der Waals surface area contributed by atoms with Gasteiger partial charge in [-0.25, -0.2) is 4.68 Å². The summed E-state index contributed by atoms with van der Waals surface area (Å²) in [7, 11) is 0. The van der Waals surface area contributed by atoms with Crippen LogP contribution >= 0.6 is 0 Å². The molecule has 1 aromatic rings. The van der Waals surface area contributed by atoms with Crippen LogP contribution in [-0.2, 0) is 11.3 Å². The third-order valence-electron chi connectivity index (χ3n) is 2.26. The van der Waals surface area contributed by atoms with Crippen LogP contribution in [0.1, 0.15) is 34.1 Å². The molecule has 1 aromatic heterocycles. The van der Waals surface area contributed by atoms with E-state index in [9.17, 15) is 9.59 Å². The van der Waals surface area contributed by atoms with Gasteiger partial charge in [-0.3, -0.25) is 9.59 Å². The Hall–Kier alpha value is -1.85. The molecular formula is C13H22N4O2. The zero-order valence-electron chi connectivity index (χ0n) is 12.0.